The fourth-order valence-corrected chi connectivity index (χ4v) is 5.56. The number of carbonyl (C=O) groups is 1. The summed E-state index contributed by atoms with van der Waals surface area (Å²) in [6.45, 7) is 5.72. The van der Waals surface area contributed by atoms with E-state index in [1.54, 1.807) is 6.20 Å². The fraction of sp³-hybridized carbons (Fsp3) is 0.458. The third-order valence-corrected chi connectivity index (χ3v) is 7.76. The summed E-state index contributed by atoms with van der Waals surface area (Å²) >= 11 is 7.27. The monoisotopic (exact) mass is 454 g/mol. The zero-order valence-corrected chi connectivity index (χ0v) is 19.8. The van der Waals surface area contributed by atoms with Crippen LogP contribution in [0, 0.1) is 5.41 Å². The molecule has 2 aromatic rings. The van der Waals surface area contributed by atoms with Gasteiger partial charge in [0.2, 0.25) is 0 Å². The highest BCUT2D eigenvalue weighted by molar-refractivity contribution is 7.98. The van der Waals surface area contributed by atoms with Crippen molar-refractivity contribution in [1.29, 1.82) is 0 Å². The molecule has 2 aliphatic heterocycles. The zero-order chi connectivity index (χ0) is 21.8. The van der Waals surface area contributed by atoms with Gasteiger partial charge in [0.05, 0.1) is 11.6 Å². The number of carbonyl (C=O) groups excluding carboxylic acids is 1. The minimum Gasteiger partial charge on any atom is -0.356 e. The Balaban J connectivity index is 1.32. The van der Waals surface area contributed by atoms with Crippen molar-refractivity contribution in [3.8, 4) is 0 Å². The van der Waals surface area contributed by atoms with Gasteiger partial charge in [-0.25, -0.2) is 4.98 Å². The summed E-state index contributed by atoms with van der Waals surface area (Å²) in [6, 6.07) is 14.3. The van der Waals surface area contributed by atoms with E-state index in [0.29, 0.717) is 0 Å². The number of aromatic nitrogens is 1. The molecular formula is C24H30N4OS2. The van der Waals surface area contributed by atoms with Crippen LogP contribution in [0.3, 0.4) is 0 Å². The summed E-state index contributed by atoms with van der Waals surface area (Å²) < 4.78 is 0. The summed E-state index contributed by atoms with van der Waals surface area (Å²) in [6.07, 6.45) is 6.91. The number of thioether (sulfide) groups is 1. The van der Waals surface area contributed by atoms with Crippen LogP contribution in [0.25, 0.3) is 0 Å². The highest BCUT2D eigenvalue weighted by Crippen LogP contribution is 2.41. The average Bonchev–Trinajstić information content (AvgIpc) is 3.23. The molecule has 1 atom stereocenters. The smallest absolute Gasteiger partial charge is 0.256 e. The van der Waals surface area contributed by atoms with E-state index in [2.05, 4.69) is 46.4 Å². The molecule has 1 unspecified atom stereocenters. The number of nitrogens with zero attached hydrogens (tertiary/aromatic N) is 3. The minimum absolute atomic E-state index is 0.107. The van der Waals surface area contributed by atoms with Crippen LogP contribution >= 0.6 is 24.0 Å². The lowest BCUT2D eigenvalue weighted by Gasteiger charge is -2.39. The van der Waals surface area contributed by atoms with Gasteiger partial charge in [0.1, 0.15) is 5.03 Å². The number of nitrogens with one attached hydrogen (secondary N) is 1. The SMILES string of the molecule is CSc1ncccc1C(=O)N1CCC2(CC1)CCN(C(=S)NC(C)c1ccccc1)C2. The lowest BCUT2D eigenvalue weighted by molar-refractivity contribution is 0.0594. The van der Waals surface area contributed by atoms with Gasteiger partial charge in [-0.05, 0) is 67.8 Å². The molecule has 31 heavy (non-hydrogen) atoms. The number of piperidine rings is 1. The first kappa shape index (κ1) is 22.1. The molecule has 7 heteroatoms. The predicted octanol–water partition coefficient (Wildman–Crippen LogP) is 4.37. The van der Waals surface area contributed by atoms with E-state index >= 15 is 0 Å². The summed E-state index contributed by atoms with van der Waals surface area (Å²) in [4.78, 5) is 21.7. The van der Waals surface area contributed by atoms with Crippen molar-refractivity contribution in [2.75, 3.05) is 32.4 Å². The second-order valence-electron chi connectivity index (χ2n) is 8.61. The molecule has 0 aliphatic carbocycles. The first-order valence-corrected chi connectivity index (χ1v) is 12.5. The van der Waals surface area contributed by atoms with E-state index in [9.17, 15) is 4.79 Å². The first-order chi connectivity index (χ1) is 15.0. The number of rotatable bonds is 4. The van der Waals surface area contributed by atoms with Crippen LogP contribution in [0.5, 0.6) is 0 Å². The van der Waals surface area contributed by atoms with Crippen LogP contribution in [-0.4, -0.2) is 58.2 Å². The molecule has 164 valence electrons. The van der Waals surface area contributed by atoms with Gasteiger partial charge in [-0.2, -0.15) is 0 Å². The van der Waals surface area contributed by atoms with Gasteiger partial charge < -0.3 is 15.1 Å². The van der Waals surface area contributed by atoms with E-state index < -0.39 is 0 Å². The topological polar surface area (TPSA) is 48.5 Å². The number of likely N-dealkylation sites (tertiary alicyclic amines) is 2. The van der Waals surface area contributed by atoms with E-state index in [-0.39, 0.29) is 17.4 Å². The summed E-state index contributed by atoms with van der Waals surface area (Å²) in [5.74, 6) is 0.107. The lowest BCUT2D eigenvalue weighted by atomic mass is 9.77. The fourth-order valence-electron chi connectivity index (χ4n) is 4.69. The van der Waals surface area contributed by atoms with Crippen molar-refractivity contribution in [3.05, 3.63) is 59.8 Å². The molecule has 0 bridgehead atoms. The molecule has 3 heterocycles. The van der Waals surface area contributed by atoms with Gasteiger partial charge in [0.25, 0.3) is 5.91 Å². The molecule has 2 saturated heterocycles. The Morgan fingerprint density at radius 3 is 2.45 bits per heavy atom. The maximum Gasteiger partial charge on any atom is 0.256 e. The maximum absolute atomic E-state index is 13.0. The van der Waals surface area contributed by atoms with Crippen LogP contribution in [0.1, 0.15) is 48.1 Å². The van der Waals surface area contributed by atoms with Gasteiger partial charge in [-0.1, -0.05) is 30.3 Å². The number of pyridine rings is 1. The van der Waals surface area contributed by atoms with Crippen molar-refractivity contribution in [1.82, 2.24) is 20.1 Å². The summed E-state index contributed by atoms with van der Waals surface area (Å²) in [5.41, 5.74) is 2.22. The van der Waals surface area contributed by atoms with Crippen LogP contribution in [0.15, 0.2) is 53.7 Å². The Kier molecular flexibility index (Phi) is 6.82. The number of hydrogen-bond donors (Lipinski definition) is 1. The Labute approximate surface area is 194 Å². The Morgan fingerprint density at radius 1 is 1.10 bits per heavy atom. The molecule has 1 spiro atoms. The second kappa shape index (κ2) is 9.57. The molecule has 1 N–H and O–H groups in total. The molecule has 1 amide bonds. The van der Waals surface area contributed by atoms with Crippen LogP contribution in [0.2, 0.25) is 0 Å². The normalized spacial score (nSPS) is 18.8. The summed E-state index contributed by atoms with van der Waals surface area (Å²) in [5, 5.41) is 5.15. The molecule has 1 aromatic carbocycles. The molecule has 4 rings (SSSR count). The minimum atomic E-state index is 0.107. The van der Waals surface area contributed by atoms with Crippen LogP contribution in [0.4, 0.5) is 0 Å². The predicted molar refractivity (Wildman–Crippen MR) is 130 cm³/mol. The largest absolute Gasteiger partial charge is 0.356 e. The molecule has 2 fully saturated rings. The zero-order valence-electron chi connectivity index (χ0n) is 18.2. The van der Waals surface area contributed by atoms with E-state index in [1.807, 2.05) is 29.4 Å². The molecule has 5 nitrogen and oxygen atoms in total. The lowest BCUT2D eigenvalue weighted by Crippen LogP contribution is -2.46. The van der Waals surface area contributed by atoms with Crippen LogP contribution < -0.4 is 5.32 Å². The van der Waals surface area contributed by atoms with E-state index in [1.165, 1.54) is 17.3 Å². The highest BCUT2D eigenvalue weighted by Gasteiger charge is 2.42. The molecule has 1 aromatic heterocycles. The highest BCUT2D eigenvalue weighted by atomic mass is 32.2. The van der Waals surface area contributed by atoms with Crippen molar-refractivity contribution in [2.45, 2.75) is 37.3 Å². The Bertz CT molecular complexity index is 928. The van der Waals surface area contributed by atoms with Crippen LogP contribution in [-0.2, 0) is 0 Å². The molecule has 2 aliphatic rings. The number of amides is 1. The number of thiocarbonyl (C=S) groups is 1. The number of benzene rings is 1. The standard InChI is InChI=1S/C24H30N4OS2/c1-18(19-7-4-3-5-8-19)26-23(30)28-16-12-24(17-28)10-14-27(15-11-24)22(29)20-9-6-13-25-21(20)31-2/h3-9,13,18H,10-12,14-17H2,1-2H3,(H,26,30). The average molecular weight is 455 g/mol. The van der Waals surface area contributed by atoms with Crippen molar-refractivity contribution < 1.29 is 4.79 Å². The molecular weight excluding hydrogens is 424 g/mol. The quantitative estimate of drug-likeness (QED) is 0.547. The van der Waals surface area contributed by atoms with Crippen molar-refractivity contribution in [2.24, 2.45) is 5.41 Å². The van der Waals surface area contributed by atoms with Gasteiger partial charge in [0.15, 0.2) is 5.11 Å². The van der Waals surface area contributed by atoms with Gasteiger partial charge in [-0.15, -0.1) is 11.8 Å². The van der Waals surface area contributed by atoms with Gasteiger partial charge in [-0.3, -0.25) is 4.79 Å². The Hall–Kier alpha value is -2.12. The van der Waals surface area contributed by atoms with Crippen molar-refractivity contribution >= 4 is 35.0 Å². The van der Waals surface area contributed by atoms with E-state index in [4.69, 9.17) is 12.2 Å². The van der Waals surface area contributed by atoms with Gasteiger partial charge >= 0.3 is 0 Å². The molecule has 0 radical (unpaired) electrons. The van der Waals surface area contributed by atoms with Crippen molar-refractivity contribution in [3.63, 3.8) is 0 Å². The van der Waals surface area contributed by atoms with Gasteiger partial charge in [0, 0.05) is 32.4 Å². The Morgan fingerprint density at radius 2 is 1.77 bits per heavy atom. The summed E-state index contributed by atoms with van der Waals surface area (Å²) in [7, 11) is 0. The third kappa shape index (κ3) is 4.88. The molecule has 0 saturated carbocycles. The maximum atomic E-state index is 13.0. The second-order valence-corrected chi connectivity index (χ2v) is 9.79. The third-order valence-electron chi connectivity index (χ3n) is 6.67. The first-order valence-electron chi connectivity index (χ1n) is 10.9. The number of hydrogen-bond acceptors (Lipinski definition) is 4. The van der Waals surface area contributed by atoms with E-state index in [0.717, 1.165) is 61.1 Å².